The first-order valence-electron chi connectivity index (χ1n) is 7.17. The van der Waals surface area contributed by atoms with E-state index in [-0.39, 0.29) is 0 Å². The molecule has 0 bridgehead atoms. The Bertz CT molecular complexity index is 689. The molecule has 0 spiro atoms. The lowest BCUT2D eigenvalue weighted by Crippen LogP contribution is -2.08. The predicted molar refractivity (Wildman–Crippen MR) is 86.4 cm³/mol. The van der Waals surface area contributed by atoms with Gasteiger partial charge in [0, 0.05) is 5.56 Å². The Hall–Kier alpha value is -2.49. The Morgan fingerprint density at radius 3 is 2.71 bits per heavy atom. The Morgan fingerprint density at radius 2 is 2.00 bits per heavy atom. The third kappa shape index (κ3) is 2.99. The van der Waals surface area contributed by atoms with E-state index in [1.165, 1.54) is 5.57 Å². The molecule has 0 radical (unpaired) electrons. The van der Waals surface area contributed by atoms with E-state index < -0.39 is 0 Å². The van der Waals surface area contributed by atoms with Crippen LogP contribution < -0.4 is 5.32 Å². The summed E-state index contributed by atoms with van der Waals surface area (Å²) < 4.78 is 0. The van der Waals surface area contributed by atoms with Crippen LogP contribution in [-0.2, 0) is 0 Å². The van der Waals surface area contributed by atoms with Gasteiger partial charge in [0.1, 0.15) is 5.84 Å². The number of amidine groups is 1. The predicted octanol–water partition coefficient (Wildman–Crippen LogP) is 3.69. The van der Waals surface area contributed by atoms with Crippen LogP contribution in [0.25, 0.3) is 11.3 Å². The van der Waals surface area contributed by atoms with Crippen LogP contribution in [0.2, 0.25) is 0 Å². The quantitative estimate of drug-likeness (QED) is 0.931. The molecule has 3 rings (SSSR count). The highest BCUT2D eigenvalue weighted by molar-refractivity contribution is 6.06. The van der Waals surface area contributed by atoms with E-state index in [1.54, 1.807) is 6.20 Å². The fourth-order valence-corrected chi connectivity index (χ4v) is 2.43. The summed E-state index contributed by atoms with van der Waals surface area (Å²) in [6.45, 7) is 4.27. The van der Waals surface area contributed by atoms with Crippen molar-refractivity contribution in [3.05, 3.63) is 54.2 Å². The molecule has 1 atom stereocenters. The molecule has 0 saturated carbocycles. The van der Waals surface area contributed by atoms with Crippen LogP contribution in [0.5, 0.6) is 0 Å². The Kier molecular flexibility index (Phi) is 3.77. The van der Waals surface area contributed by atoms with E-state index >= 15 is 0 Å². The molecule has 1 unspecified atom stereocenters. The van der Waals surface area contributed by atoms with Crippen molar-refractivity contribution in [1.82, 2.24) is 10.2 Å². The maximum atomic E-state index is 4.65. The molecule has 106 valence electrons. The summed E-state index contributed by atoms with van der Waals surface area (Å²) >= 11 is 0. The minimum Gasteiger partial charge on any atom is -0.339 e. The van der Waals surface area contributed by atoms with E-state index in [0.717, 1.165) is 29.2 Å². The molecular weight excluding hydrogens is 260 g/mol. The average Bonchev–Trinajstić information content (AvgIpc) is 2.88. The van der Waals surface area contributed by atoms with Gasteiger partial charge < -0.3 is 5.32 Å². The van der Waals surface area contributed by atoms with Gasteiger partial charge in [-0.3, -0.25) is 4.99 Å². The van der Waals surface area contributed by atoms with Crippen LogP contribution in [0.4, 0.5) is 5.69 Å². The third-order valence-electron chi connectivity index (χ3n) is 3.57. The van der Waals surface area contributed by atoms with Crippen molar-refractivity contribution in [3.63, 3.8) is 0 Å². The zero-order valence-corrected chi connectivity index (χ0v) is 12.2. The normalized spacial score (nSPS) is 17.3. The van der Waals surface area contributed by atoms with Gasteiger partial charge in [0.15, 0.2) is 0 Å². The zero-order chi connectivity index (χ0) is 14.7. The molecule has 1 aliphatic rings. The van der Waals surface area contributed by atoms with Crippen molar-refractivity contribution in [3.8, 4) is 11.3 Å². The monoisotopic (exact) mass is 278 g/mol. The fraction of sp³-hybridized carbons (Fsp3) is 0.235. The summed E-state index contributed by atoms with van der Waals surface area (Å²) in [5.74, 6) is 0.895. The van der Waals surface area contributed by atoms with Crippen molar-refractivity contribution in [2.75, 3.05) is 5.32 Å². The maximum Gasteiger partial charge on any atom is 0.125 e. The SMILES string of the molecule is CCC1N=C(Nc2cnnc(-c3ccccc3)c2)C=C1C. The molecule has 0 aliphatic carbocycles. The van der Waals surface area contributed by atoms with Gasteiger partial charge >= 0.3 is 0 Å². The van der Waals surface area contributed by atoms with Gasteiger partial charge in [-0.1, -0.05) is 37.3 Å². The summed E-state index contributed by atoms with van der Waals surface area (Å²) in [6, 6.07) is 12.3. The number of benzene rings is 1. The van der Waals surface area contributed by atoms with Crippen LogP contribution in [0.15, 0.2) is 59.2 Å². The van der Waals surface area contributed by atoms with Crippen molar-refractivity contribution < 1.29 is 0 Å². The van der Waals surface area contributed by atoms with Gasteiger partial charge in [-0.15, -0.1) is 0 Å². The molecule has 0 saturated heterocycles. The Morgan fingerprint density at radius 1 is 1.19 bits per heavy atom. The summed E-state index contributed by atoms with van der Waals surface area (Å²) in [5.41, 5.74) is 4.11. The number of rotatable bonds is 3. The number of aliphatic imine (C=N–C) groups is 1. The molecule has 2 heterocycles. The summed E-state index contributed by atoms with van der Waals surface area (Å²) in [5, 5.41) is 11.6. The summed E-state index contributed by atoms with van der Waals surface area (Å²) in [4.78, 5) is 4.65. The average molecular weight is 278 g/mol. The number of nitrogens with zero attached hydrogens (tertiary/aromatic N) is 3. The van der Waals surface area contributed by atoms with E-state index in [2.05, 4.69) is 40.4 Å². The second kappa shape index (κ2) is 5.87. The molecule has 4 heteroatoms. The molecule has 1 aromatic carbocycles. The minimum atomic E-state index is 0.302. The van der Waals surface area contributed by atoms with Gasteiger partial charge in [-0.2, -0.15) is 10.2 Å². The van der Waals surface area contributed by atoms with Crippen LogP contribution in [-0.4, -0.2) is 22.1 Å². The van der Waals surface area contributed by atoms with Crippen LogP contribution in [0.3, 0.4) is 0 Å². The number of nitrogens with one attached hydrogen (secondary N) is 1. The Balaban J connectivity index is 1.82. The van der Waals surface area contributed by atoms with Crippen LogP contribution >= 0.6 is 0 Å². The van der Waals surface area contributed by atoms with Gasteiger partial charge in [0.25, 0.3) is 0 Å². The molecule has 0 fully saturated rings. The van der Waals surface area contributed by atoms with E-state index in [4.69, 9.17) is 0 Å². The fourth-order valence-electron chi connectivity index (χ4n) is 2.43. The molecule has 4 nitrogen and oxygen atoms in total. The number of hydrogen-bond donors (Lipinski definition) is 1. The van der Waals surface area contributed by atoms with Crippen molar-refractivity contribution in [2.24, 2.45) is 4.99 Å². The molecule has 1 aromatic heterocycles. The largest absolute Gasteiger partial charge is 0.339 e. The van der Waals surface area contributed by atoms with E-state index in [1.807, 2.05) is 36.4 Å². The second-order valence-corrected chi connectivity index (χ2v) is 5.15. The molecule has 1 aliphatic heterocycles. The third-order valence-corrected chi connectivity index (χ3v) is 3.57. The van der Waals surface area contributed by atoms with Gasteiger partial charge in [-0.05, 0) is 31.1 Å². The van der Waals surface area contributed by atoms with Crippen molar-refractivity contribution in [2.45, 2.75) is 26.3 Å². The topological polar surface area (TPSA) is 50.2 Å². The lowest BCUT2D eigenvalue weighted by atomic mass is 10.1. The van der Waals surface area contributed by atoms with E-state index in [9.17, 15) is 0 Å². The van der Waals surface area contributed by atoms with E-state index in [0.29, 0.717) is 6.04 Å². The highest BCUT2D eigenvalue weighted by Crippen LogP contribution is 2.21. The Labute approximate surface area is 124 Å². The molecule has 21 heavy (non-hydrogen) atoms. The van der Waals surface area contributed by atoms with Crippen molar-refractivity contribution >= 4 is 11.5 Å². The van der Waals surface area contributed by atoms with Crippen LogP contribution in [0.1, 0.15) is 20.3 Å². The van der Waals surface area contributed by atoms with Gasteiger partial charge in [-0.25, -0.2) is 0 Å². The standard InChI is InChI=1S/C17H18N4/c1-3-15-12(2)9-17(20-15)19-14-10-16(21-18-11-14)13-7-5-4-6-8-13/h4-11,15H,3H2,1-2H3,(H,19,20,21). The van der Waals surface area contributed by atoms with Crippen LogP contribution in [0, 0.1) is 0 Å². The first kappa shape index (κ1) is 13.5. The lowest BCUT2D eigenvalue weighted by Gasteiger charge is -2.06. The molecular formula is C17H18N4. The number of anilines is 1. The summed E-state index contributed by atoms with van der Waals surface area (Å²) in [6.07, 6.45) is 4.84. The number of hydrogen-bond acceptors (Lipinski definition) is 4. The smallest absolute Gasteiger partial charge is 0.125 e. The highest BCUT2D eigenvalue weighted by Gasteiger charge is 2.15. The molecule has 0 amide bonds. The van der Waals surface area contributed by atoms with Gasteiger partial charge in [0.05, 0.1) is 23.6 Å². The van der Waals surface area contributed by atoms with Crippen molar-refractivity contribution in [1.29, 1.82) is 0 Å². The lowest BCUT2D eigenvalue weighted by molar-refractivity contribution is 0.756. The molecule has 2 aromatic rings. The highest BCUT2D eigenvalue weighted by atomic mass is 15.1. The first-order valence-corrected chi connectivity index (χ1v) is 7.17. The second-order valence-electron chi connectivity index (χ2n) is 5.15. The zero-order valence-electron chi connectivity index (χ0n) is 12.2. The molecule has 1 N–H and O–H groups in total. The maximum absolute atomic E-state index is 4.65. The van der Waals surface area contributed by atoms with Gasteiger partial charge in [0.2, 0.25) is 0 Å². The minimum absolute atomic E-state index is 0.302. The number of aromatic nitrogens is 2. The first-order chi connectivity index (χ1) is 10.3. The summed E-state index contributed by atoms with van der Waals surface area (Å²) in [7, 11) is 0.